The summed E-state index contributed by atoms with van der Waals surface area (Å²) in [5.74, 6) is -0.325. The van der Waals surface area contributed by atoms with Gasteiger partial charge in [-0.15, -0.1) is 10.2 Å². The Balaban J connectivity index is 1.79. The van der Waals surface area contributed by atoms with Gasteiger partial charge in [-0.05, 0) is 24.3 Å². The first-order valence-corrected chi connectivity index (χ1v) is 12.2. The second-order valence-electron chi connectivity index (χ2n) is 6.10. The van der Waals surface area contributed by atoms with Crippen molar-refractivity contribution in [2.75, 3.05) is 24.2 Å². The number of nitrogens with one attached hydrogen (secondary N) is 1. The van der Waals surface area contributed by atoms with Crippen molar-refractivity contribution < 1.29 is 13.2 Å². The third kappa shape index (κ3) is 4.73. The number of amides is 1. The van der Waals surface area contributed by atoms with Crippen LogP contribution >= 0.6 is 35.0 Å². The number of fused-ring (bicyclic) bond motifs is 1. The van der Waals surface area contributed by atoms with Crippen molar-refractivity contribution >= 4 is 62.2 Å². The fraction of sp³-hybridized carbons (Fsp3) is 0.278. The molecule has 160 valence electrons. The van der Waals surface area contributed by atoms with E-state index >= 15 is 0 Å². The number of pyridine rings is 1. The number of hydrogen-bond donors (Lipinski definition) is 1. The van der Waals surface area contributed by atoms with Crippen LogP contribution in [0.2, 0.25) is 10.0 Å². The summed E-state index contributed by atoms with van der Waals surface area (Å²) in [5, 5.41) is 11.8. The summed E-state index contributed by atoms with van der Waals surface area (Å²) < 4.78 is 28.5. The quantitative estimate of drug-likeness (QED) is 0.485. The Labute approximate surface area is 188 Å². The van der Waals surface area contributed by atoms with E-state index in [9.17, 15) is 13.2 Å². The molecule has 1 N–H and O–H groups in total. The van der Waals surface area contributed by atoms with E-state index in [1.165, 1.54) is 16.6 Å². The van der Waals surface area contributed by atoms with Gasteiger partial charge in [0.2, 0.25) is 15.9 Å². The van der Waals surface area contributed by atoms with Gasteiger partial charge in [-0.3, -0.25) is 9.20 Å². The van der Waals surface area contributed by atoms with E-state index in [1.807, 2.05) is 0 Å². The molecule has 0 aliphatic carbocycles. The number of aromatic nitrogens is 3. The van der Waals surface area contributed by atoms with Gasteiger partial charge in [0.15, 0.2) is 10.8 Å². The number of hydrogen-bond acceptors (Lipinski definition) is 6. The number of benzene rings is 1. The van der Waals surface area contributed by atoms with Gasteiger partial charge in [0.25, 0.3) is 0 Å². The minimum Gasteiger partial charge on any atom is -0.323 e. The average molecular weight is 488 g/mol. The number of sulfonamides is 1. The predicted octanol–water partition coefficient (Wildman–Crippen LogP) is 3.80. The number of nitrogens with zero attached hydrogens (tertiary/aromatic N) is 4. The molecule has 0 bridgehead atoms. The first kappa shape index (κ1) is 22.8. The van der Waals surface area contributed by atoms with Crippen molar-refractivity contribution in [1.82, 2.24) is 18.9 Å². The van der Waals surface area contributed by atoms with Crippen molar-refractivity contribution in [2.45, 2.75) is 23.9 Å². The zero-order chi connectivity index (χ0) is 21.9. The van der Waals surface area contributed by atoms with E-state index in [1.54, 1.807) is 42.5 Å². The average Bonchev–Trinajstić information content (AvgIpc) is 3.12. The second kappa shape index (κ2) is 9.52. The van der Waals surface area contributed by atoms with Crippen molar-refractivity contribution in [3.05, 3.63) is 46.6 Å². The SMILES string of the molecule is CCN(CC)S(=O)(=O)c1ccc2nnc(SCC(=O)Nc3c(Cl)cccc3Cl)n2c1. The van der Waals surface area contributed by atoms with Crippen LogP contribution < -0.4 is 5.32 Å². The molecule has 2 heterocycles. The van der Waals surface area contributed by atoms with Gasteiger partial charge < -0.3 is 5.32 Å². The Morgan fingerprint density at radius 1 is 1.13 bits per heavy atom. The summed E-state index contributed by atoms with van der Waals surface area (Å²) in [6.07, 6.45) is 1.47. The fourth-order valence-corrected chi connectivity index (χ4v) is 5.40. The number of para-hydroxylation sites is 1. The number of carbonyl (C=O) groups is 1. The van der Waals surface area contributed by atoms with Crippen molar-refractivity contribution in [2.24, 2.45) is 0 Å². The van der Waals surface area contributed by atoms with E-state index in [0.29, 0.717) is 39.6 Å². The lowest BCUT2D eigenvalue weighted by Gasteiger charge is -2.18. The third-order valence-corrected chi connectivity index (χ3v) is 7.85. The molecule has 3 rings (SSSR count). The molecule has 0 saturated carbocycles. The van der Waals surface area contributed by atoms with Crippen LogP contribution in [-0.2, 0) is 14.8 Å². The van der Waals surface area contributed by atoms with Gasteiger partial charge in [-0.1, -0.05) is 54.9 Å². The zero-order valence-electron chi connectivity index (χ0n) is 16.2. The maximum atomic E-state index is 12.8. The molecule has 0 fully saturated rings. The molecule has 12 heteroatoms. The molecule has 2 aromatic heterocycles. The molecule has 0 unspecified atom stereocenters. The molecule has 3 aromatic rings. The largest absolute Gasteiger partial charge is 0.323 e. The second-order valence-corrected chi connectivity index (χ2v) is 9.79. The molecule has 0 radical (unpaired) electrons. The molecule has 0 spiro atoms. The number of thioether (sulfide) groups is 1. The van der Waals surface area contributed by atoms with Crippen LogP contribution in [0.5, 0.6) is 0 Å². The standard InChI is InChI=1S/C18H19Cl2N5O3S2/c1-3-24(4-2)30(27,28)12-8-9-15-22-23-18(25(15)10-12)29-11-16(26)21-17-13(19)6-5-7-14(17)20/h5-10H,3-4,11H2,1-2H3,(H,21,26). The number of rotatable bonds is 8. The van der Waals surface area contributed by atoms with Crippen molar-refractivity contribution in [1.29, 1.82) is 0 Å². The molecule has 1 aromatic carbocycles. The van der Waals surface area contributed by atoms with Crippen LogP contribution in [0.3, 0.4) is 0 Å². The molecule has 0 aliphatic heterocycles. The summed E-state index contributed by atoms with van der Waals surface area (Å²) in [4.78, 5) is 12.5. The third-order valence-electron chi connectivity index (χ3n) is 4.25. The van der Waals surface area contributed by atoms with Gasteiger partial charge in [-0.25, -0.2) is 8.42 Å². The van der Waals surface area contributed by atoms with Gasteiger partial charge in [-0.2, -0.15) is 4.31 Å². The Morgan fingerprint density at radius 3 is 2.43 bits per heavy atom. The van der Waals surface area contributed by atoms with E-state index in [-0.39, 0.29) is 16.6 Å². The van der Waals surface area contributed by atoms with Gasteiger partial charge >= 0.3 is 0 Å². The highest BCUT2D eigenvalue weighted by atomic mass is 35.5. The van der Waals surface area contributed by atoms with Crippen LogP contribution in [0, 0.1) is 0 Å². The van der Waals surface area contributed by atoms with Crippen LogP contribution in [0.25, 0.3) is 5.65 Å². The summed E-state index contributed by atoms with van der Waals surface area (Å²) in [5.41, 5.74) is 0.815. The van der Waals surface area contributed by atoms with Crippen LogP contribution in [0.15, 0.2) is 46.6 Å². The smallest absolute Gasteiger partial charge is 0.244 e. The minimum absolute atomic E-state index is 0.00929. The molecule has 30 heavy (non-hydrogen) atoms. The Bertz CT molecular complexity index is 1160. The van der Waals surface area contributed by atoms with E-state index in [0.717, 1.165) is 11.8 Å². The van der Waals surface area contributed by atoms with Gasteiger partial charge in [0, 0.05) is 19.3 Å². The highest BCUT2D eigenvalue weighted by molar-refractivity contribution is 7.99. The van der Waals surface area contributed by atoms with Gasteiger partial charge in [0.1, 0.15) is 0 Å². The molecular formula is C18H19Cl2N5O3S2. The van der Waals surface area contributed by atoms with Crippen LogP contribution in [0.1, 0.15) is 13.8 Å². The topological polar surface area (TPSA) is 96.7 Å². The monoisotopic (exact) mass is 487 g/mol. The predicted molar refractivity (Wildman–Crippen MR) is 119 cm³/mol. The maximum absolute atomic E-state index is 12.8. The number of halogens is 2. The van der Waals surface area contributed by atoms with Crippen molar-refractivity contribution in [3.8, 4) is 0 Å². The Morgan fingerprint density at radius 2 is 1.80 bits per heavy atom. The van der Waals surface area contributed by atoms with Crippen molar-refractivity contribution in [3.63, 3.8) is 0 Å². The zero-order valence-corrected chi connectivity index (χ0v) is 19.3. The lowest BCUT2D eigenvalue weighted by molar-refractivity contribution is -0.113. The molecule has 1 amide bonds. The van der Waals surface area contributed by atoms with E-state index in [4.69, 9.17) is 23.2 Å². The molecular weight excluding hydrogens is 469 g/mol. The van der Waals surface area contributed by atoms with Gasteiger partial charge in [0.05, 0.1) is 26.4 Å². The maximum Gasteiger partial charge on any atom is 0.244 e. The molecule has 0 saturated heterocycles. The van der Waals surface area contributed by atoms with E-state index in [2.05, 4.69) is 15.5 Å². The summed E-state index contributed by atoms with van der Waals surface area (Å²) in [7, 11) is -3.63. The number of anilines is 1. The number of carbonyl (C=O) groups excluding carboxylic acids is 1. The normalized spacial score (nSPS) is 11.9. The lowest BCUT2D eigenvalue weighted by Crippen LogP contribution is -2.30. The molecule has 8 nitrogen and oxygen atoms in total. The Kier molecular flexibility index (Phi) is 7.25. The summed E-state index contributed by atoms with van der Waals surface area (Å²) in [6.45, 7) is 4.30. The van der Waals surface area contributed by atoms with Crippen LogP contribution in [0.4, 0.5) is 5.69 Å². The highest BCUT2D eigenvalue weighted by Gasteiger charge is 2.23. The van der Waals surface area contributed by atoms with Crippen LogP contribution in [-0.4, -0.2) is 52.1 Å². The lowest BCUT2D eigenvalue weighted by atomic mass is 10.3. The first-order valence-electron chi connectivity index (χ1n) is 8.99. The highest BCUT2D eigenvalue weighted by Crippen LogP contribution is 2.30. The fourth-order valence-electron chi connectivity index (χ4n) is 2.74. The molecule has 0 atom stereocenters. The summed E-state index contributed by atoms with van der Waals surface area (Å²) in [6, 6.07) is 8.01. The Hall–Kier alpha value is -1.85. The van der Waals surface area contributed by atoms with E-state index < -0.39 is 10.0 Å². The first-order chi connectivity index (χ1) is 14.3. The summed E-state index contributed by atoms with van der Waals surface area (Å²) >= 11 is 13.3. The molecule has 0 aliphatic rings. The minimum atomic E-state index is -3.63.